The highest BCUT2D eigenvalue weighted by molar-refractivity contribution is 5.95. The van der Waals surface area contributed by atoms with Gasteiger partial charge < -0.3 is 15.4 Å². The highest BCUT2D eigenvalue weighted by Crippen LogP contribution is 2.38. The molecule has 1 aromatic carbocycles. The minimum Gasteiger partial charge on any atom is -0.497 e. The number of methoxy groups -OCH3 is 1. The predicted molar refractivity (Wildman–Crippen MR) is 70.0 cm³/mol. The van der Waals surface area contributed by atoms with Crippen molar-refractivity contribution in [3.8, 4) is 5.75 Å². The van der Waals surface area contributed by atoms with Gasteiger partial charge in [-0.2, -0.15) is 0 Å². The molecule has 0 radical (unpaired) electrons. The molecule has 0 bridgehead atoms. The van der Waals surface area contributed by atoms with Gasteiger partial charge in [-0.05, 0) is 43.1 Å². The van der Waals surface area contributed by atoms with Crippen LogP contribution in [0.15, 0.2) is 18.2 Å². The van der Waals surface area contributed by atoms with E-state index in [0.29, 0.717) is 12.5 Å². The topological polar surface area (TPSA) is 50.4 Å². The summed E-state index contributed by atoms with van der Waals surface area (Å²) >= 11 is 0. The van der Waals surface area contributed by atoms with E-state index in [4.69, 9.17) is 4.74 Å². The van der Waals surface area contributed by atoms with E-state index in [1.165, 1.54) is 12.0 Å². The van der Waals surface area contributed by atoms with Crippen LogP contribution in [0.2, 0.25) is 0 Å². The lowest BCUT2D eigenvalue weighted by atomic mass is 9.84. The van der Waals surface area contributed by atoms with Gasteiger partial charge in [0.05, 0.1) is 7.11 Å². The van der Waals surface area contributed by atoms with Crippen molar-refractivity contribution in [3.05, 3.63) is 23.8 Å². The van der Waals surface area contributed by atoms with Crippen molar-refractivity contribution in [2.45, 2.75) is 31.2 Å². The summed E-state index contributed by atoms with van der Waals surface area (Å²) < 4.78 is 5.28. The summed E-state index contributed by atoms with van der Waals surface area (Å²) in [5.41, 5.74) is 2.14. The first-order chi connectivity index (χ1) is 8.78. The van der Waals surface area contributed by atoms with Crippen LogP contribution in [-0.2, 0) is 4.79 Å². The van der Waals surface area contributed by atoms with Crippen LogP contribution in [0.4, 0.5) is 5.69 Å². The number of anilines is 1. The van der Waals surface area contributed by atoms with Gasteiger partial charge in [-0.15, -0.1) is 0 Å². The highest BCUT2D eigenvalue weighted by atomic mass is 16.5. The summed E-state index contributed by atoms with van der Waals surface area (Å²) in [5.74, 6) is 1.24. The highest BCUT2D eigenvalue weighted by Gasteiger charge is 2.33. The maximum Gasteiger partial charge on any atom is 0.225 e. The Kier molecular flexibility index (Phi) is 2.96. The molecule has 3 rings (SSSR count). The maximum atomic E-state index is 11.8. The van der Waals surface area contributed by atoms with Crippen molar-refractivity contribution < 1.29 is 9.53 Å². The van der Waals surface area contributed by atoms with Gasteiger partial charge in [0.1, 0.15) is 5.75 Å². The monoisotopic (exact) mass is 246 g/mol. The number of fused-ring (bicyclic) bond motifs is 1. The zero-order valence-electron chi connectivity index (χ0n) is 10.5. The van der Waals surface area contributed by atoms with Gasteiger partial charge in [-0.3, -0.25) is 4.79 Å². The molecule has 2 N–H and O–H groups in total. The van der Waals surface area contributed by atoms with Gasteiger partial charge in [0, 0.05) is 24.1 Å². The molecule has 1 amide bonds. The summed E-state index contributed by atoms with van der Waals surface area (Å²) in [4.78, 5) is 11.8. The number of hydrogen-bond acceptors (Lipinski definition) is 3. The molecule has 2 atom stereocenters. The van der Waals surface area contributed by atoms with Crippen molar-refractivity contribution in [2.24, 2.45) is 0 Å². The summed E-state index contributed by atoms with van der Waals surface area (Å²) in [6, 6.07) is 6.30. The molecule has 0 spiro atoms. The Hall–Kier alpha value is -1.55. The number of benzene rings is 1. The number of carbonyl (C=O) groups is 1. The second-order valence-electron chi connectivity index (χ2n) is 5.01. The molecule has 2 heterocycles. The zero-order chi connectivity index (χ0) is 12.5. The molecular formula is C14H18N2O2. The van der Waals surface area contributed by atoms with Gasteiger partial charge >= 0.3 is 0 Å². The molecule has 96 valence electrons. The summed E-state index contributed by atoms with van der Waals surface area (Å²) in [6.45, 7) is 1.06. The summed E-state index contributed by atoms with van der Waals surface area (Å²) in [5, 5.41) is 6.45. The van der Waals surface area contributed by atoms with Crippen molar-refractivity contribution in [2.75, 3.05) is 19.0 Å². The first kappa shape index (κ1) is 11.5. The lowest BCUT2D eigenvalue weighted by Crippen LogP contribution is -2.35. The van der Waals surface area contributed by atoms with Crippen molar-refractivity contribution in [1.82, 2.24) is 5.32 Å². The van der Waals surface area contributed by atoms with Crippen LogP contribution in [-0.4, -0.2) is 25.6 Å². The van der Waals surface area contributed by atoms with E-state index in [9.17, 15) is 4.79 Å². The van der Waals surface area contributed by atoms with E-state index in [1.54, 1.807) is 7.11 Å². The molecule has 2 aliphatic rings. The fourth-order valence-corrected chi connectivity index (χ4v) is 3.01. The van der Waals surface area contributed by atoms with Crippen molar-refractivity contribution >= 4 is 11.6 Å². The smallest absolute Gasteiger partial charge is 0.225 e. The number of hydrogen-bond donors (Lipinski definition) is 2. The number of carbonyl (C=O) groups excluding carboxylic acids is 1. The summed E-state index contributed by atoms with van der Waals surface area (Å²) in [6.07, 6.45) is 2.91. The number of amides is 1. The molecule has 0 saturated carbocycles. The second-order valence-corrected chi connectivity index (χ2v) is 5.01. The minimum atomic E-state index is 0.117. The molecule has 18 heavy (non-hydrogen) atoms. The third kappa shape index (κ3) is 1.97. The van der Waals surface area contributed by atoms with E-state index in [-0.39, 0.29) is 11.8 Å². The standard InChI is InChI=1S/C14H18N2O2/c1-18-9-4-5-13-10(7-9)11(8-14(17)16-13)12-3-2-6-15-12/h4-5,7,11-12,15H,2-3,6,8H2,1H3,(H,16,17). The maximum absolute atomic E-state index is 11.8. The molecule has 1 saturated heterocycles. The third-order valence-corrected chi connectivity index (χ3v) is 3.92. The van der Waals surface area contributed by atoms with Crippen LogP contribution >= 0.6 is 0 Å². The molecule has 2 aliphatic heterocycles. The summed E-state index contributed by atoms with van der Waals surface area (Å²) in [7, 11) is 1.67. The van der Waals surface area contributed by atoms with Gasteiger partial charge in [0.2, 0.25) is 5.91 Å². The van der Waals surface area contributed by atoms with Gasteiger partial charge in [0.25, 0.3) is 0 Å². The number of ether oxygens (including phenoxy) is 1. The van der Waals surface area contributed by atoms with Crippen LogP contribution < -0.4 is 15.4 Å². The SMILES string of the molecule is COc1ccc2c(c1)C(C1CCCN1)CC(=O)N2. The Morgan fingerprint density at radius 1 is 1.39 bits per heavy atom. The van der Waals surface area contributed by atoms with Gasteiger partial charge in [-0.1, -0.05) is 0 Å². The molecule has 1 aromatic rings. The lowest BCUT2D eigenvalue weighted by Gasteiger charge is -2.30. The zero-order valence-corrected chi connectivity index (χ0v) is 10.5. The molecule has 2 unspecified atom stereocenters. The largest absolute Gasteiger partial charge is 0.497 e. The van der Waals surface area contributed by atoms with E-state index >= 15 is 0 Å². The quantitative estimate of drug-likeness (QED) is 0.837. The van der Waals surface area contributed by atoms with E-state index in [1.807, 2.05) is 12.1 Å². The Morgan fingerprint density at radius 2 is 2.28 bits per heavy atom. The fraction of sp³-hybridized carbons (Fsp3) is 0.500. The van der Waals surface area contributed by atoms with E-state index in [0.717, 1.165) is 24.4 Å². The lowest BCUT2D eigenvalue weighted by molar-refractivity contribution is -0.117. The Balaban J connectivity index is 1.98. The van der Waals surface area contributed by atoms with Gasteiger partial charge in [-0.25, -0.2) is 0 Å². The average molecular weight is 246 g/mol. The minimum absolute atomic E-state index is 0.117. The van der Waals surface area contributed by atoms with E-state index in [2.05, 4.69) is 16.7 Å². The molecule has 0 aliphatic carbocycles. The molecule has 4 heteroatoms. The van der Waals surface area contributed by atoms with Crippen LogP contribution in [0.5, 0.6) is 5.75 Å². The number of rotatable bonds is 2. The van der Waals surface area contributed by atoms with Crippen LogP contribution in [0.3, 0.4) is 0 Å². The molecule has 0 aromatic heterocycles. The third-order valence-electron chi connectivity index (χ3n) is 3.92. The Bertz CT molecular complexity index is 467. The average Bonchev–Trinajstić information content (AvgIpc) is 2.91. The number of nitrogens with one attached hydrogen (secondary N) is 2. The van der Waals surface area contributed by atoms with Crippen LogP contribution in [0.1, 0.15) is 30.7 Å². The molecular weight excluding hydrogens is 228 g/mol. The molecule has 4 nitrogen and oxygen atoms in total. The van der Waals surface area contributed by atoms with E-state index < -0.39 is 0 Å². The Labute approximate surface area is 107 Å². The van der Waals surface area contributed by atoms with Crippen molar-refractivity contribution in [1.29, 1.82) is 0 Å². The fourth-order valence-electron chi connectivity index (χ4n) is 3.01. The Morgan fingerprint density at radius 3 is 3.00 bits per heavy atom. The van der Waals surface area contributed by atoms with Gasteiger partial charge in [0.15, 0.2) is 0 Å². The molecule has 1 fully saturated rings. The van der Waals surface area contributed by atoms with Crippen LogP contribution in [0, 0.1) is 0 Å². The first-order valence-electron chi connectivity index (χ1n) is 6.49. The van der Waals surface area contributed by atoms with Crippen molar-refractivity contribution in [3.63, 3.8) is 0 Å². The first-order valence-corrected chi connectivity index (χ1v) is 6.49. The predicted octanol–water partition coefficient (Wildman–Crippen LogP) is 1.87. The second kappa shape index (κ2) is 4.61. The normalized spacial score (nSPS) is 26.6. The van der Waals surface area contributed by atoms with Crippen LogP contribution in [0.25, 0.3) is 0 Å².